The molecule has 1 aliphatic rings. The number of hydrogen-bond acceptors (Lipinski definition) is 5. The van der Waals surface area contributed by atoms with Crippen LogP contribution in [0.5, 0.6) is 0 Å². The van der Waals surface area contributed by atoms with Crippen LogP contribution >= 0.6 is 0 Å². The van der Waals surface area contributed by atoms with Crippen molar-refractivity contribution >= 4 is 29.5 Å². The van der Waals surface area contributed by atoms with Gasteiger partial charge in [0.05, 0.1) is 17.9 Å². The Labute approximate surface area is 172 Å². The van der Waals surface area contributed by atoms with Crippen LogP contribution in [0.3, 0.4) is 0 Å². The van der Waals surface area contributed by atoms with Gasteiger partial charge in [0.15, 0.2) is 0 Å². The highest BCUT2D eigenvalue weighted by atomic mass is 16.5. The molecular weight excluding hydrogens is 384 g/mol. The van der Waals surface area contributed by atoms with Crippen molar-refractivity contribution in [1.82, 2.24) is 5.43 Å². The number of carbonyl (C=O) groups excluding carboxylic acids is 3. The third-order valence-electron chi connectivity index (χ3n) is 4.50. The summed E-state index contributed by atoms with van der Waals surface area (Å²) in [6, 6.07) is 19.0. The van der Waals surface area contributed by atoms with Crippen molar-refractivity contribution in [2.45, 2.75) is 6.92 Å². The molecule has 7 nitrogen and oxygen atoms in total. The molecule has 1 aliphatic heterocycles. The third kappa shape index (κ3) is 3.73. The van der Waals surface area contributed by atoms with E-state index in [1.807, 2.05) is 6.07 Å². The van der Waals surface area contributed by atoms with E-state index >= 15 is 0 Å². The van der Waals surface area contributed by atoms with Gasteiger partial charge in [-0.25, -0.2) is 9.80 Å². The predicted octanol–water partition coefficient (Wildman–Crippen LogP) is 3.58. The van der Waals surface area contributed by atoms with Gasteiger partial charge in [0.2, 0.25) is 0 Å². The van der Waals surface area contributed by atoms with Gasteiger partial charge in [-0.05, 0) is 49.4 Å². The number of hydrogen-bond donors (Lipinski definition) is 1. The number of carbonyl (C=O) groups is 3. The number of furan rings is 1. The Morgan fingerprint density at radius 1 is 1.03 bits per heavy atom. The zero-order valence-corrected chi connectivity index (χ0v) is 16.1. The Balaban J connectivity index is 1.54. The zero-order valence-electron chi connectivity index (χ0n) is 16.1. The number of nitrogens with one attached hydrogen (secondary N) is 1. The Kier molecular flexibility index (Phi) is 5.17. The minimum absolute atomic E-state index is 0.0163. The van der Waals surface area contributed by atoms with Crippen LogP contribution in [0.4, 0.5) is 5.69 Å². The molecule has 2 amide bonds. The molecule has 2 aromatic carbocycles. The SMILES string of the molecule is CCOC(=O)c1ccc(-c2ccc(/C=C3\C(=O)NN(c4ccccc4)C3=O)o2)cc1. The first kappa shape index (κ1) is 19.2. The van der Waals surface area contributed by atoms with Crippen molar-refractivity contribution in [3.63, 3.8) is 0 Å². The number of nitrogens with zero attached hydrogens (tertiary/aromatic N) is 1. The molecular formula is C23H18N2O5. The standard InChI is InChI=1S/C23H18N2O5/c1-2-29-23(28)16-10-8-15(9-11-16)20-13-12-18(30-20)14-19-21(26)24-25(22(19)27)17-6-4-3-5-7-17/h3-14H,2H2,1H3,(H,24,26)/b19-14+. The van der Waals surface area contributed by atoms with Crippen LogP contribution < -0.4 is 10.4 Å². The number of benzene rings is 2. The van der Waals surface area contributed by atoms with Gasteiger partial charge >= 0.3 is 5.97 Å². The van der Waals surface area contributed by atoms with Crippen LogP contribution in [-0.2, 0) is 14.3 Å². The van der Waals surface area contributed by atoms with Crippen molar-refractivity contribution in [3.05, 3.63) is 83.6 Å². The molecule has 2 heterocycles. The molecule has 0 radical (unpaired) electrons. The summed E-state index contributed by atoms with van der Waals surface area (Å²) in [5, 5.41) is 1.20. The van der Waals surface area contributed by atoms with Gasteiger partial charge in [-0.2, -0.15) is 0 Å². The van der Waals surface area contributed by atoms with E-state index in [1.54, 1.807) is 67.6 Å². The van der Waals surface area contributed by atoms with Gasteiger partial charge in [0.25, 0.3) is 11.8 Å². The first-order chi connectivity index (χ1) is 14.6. The highest BCUT2D eigenvalue weighted by molar-refractivity contribution is 6.31. The highest BCUT2D eigenvalue weighted by Crippen LogP contribution is 2.26. The summed E-state index contributed by atoms with van der Waals surface area (Å²) in [6.07, 6.45) is 1.41. The predicted molar refractivity (Wildman–Crippen MR) is 110 cm³/mol. The summed E-state index contributed by atoms with van der Waals surface area (Å²) in [4.78, 5) is 36.7. The molecule has 0 atom stereocenters. The van der Waals surface area contributed by atoms with Crippen LogP contribution in [0.15, 0.2) is 76.7 Å². The molecule has 0 aliphatic carbocycles. The molecule has 3 aromatic rings. The Bertz CT molecular complexity index is 1130. The number of esters is 1. The summed E-state index contributed by atoms with van der Waals surface area (Å²) in [5.74, 6) is -0.429. The van der Waals surface area contributed by atoms with Gasteiger partial charge in [0, 0.05) is 5.56 Å². The molecule has 4 rings (SSSR count). The van der Waals surface area contributed by atoms with Gasteiger partial charge in [-0.15, -0.1) is 0 Å². The van der Waals surface area contributed by atoms with Crippen LogP contribution in [0.2, 0.25) is 0 Å². The average molecular weight is 402 g/mol. The van der Waals surface area contributed by atoms with E-state index in [2.05, 4.69) is 5.43 Å². The monoisotopic (exact) mass is 402 g/mol. The summed E-state index contributed by atoms with van der Waals surface area (Å²) >= 11 is 0. The van der Waals surface area contributed by atoms with Crippen LogP contribution in [0.1, 0.15) is 23.0 Å². The summed E-state index contributed by atoms with van der Waals surface area (Å²) in [7, 11) is 0. The smallest absolute Gasteiger partial charge is 0.338 e. The van der Waals surface area contributed by atoms with Crippen molar-refractivity contribution in [2.24, 2.45) is 0 Å². The van der Waals surface area contributed by atoms with E-state index < -0.39 is 11.8 Å². The fraction of sp³-hybridized carbons (Fsp3) is 0.0870. The maximum Gasteiger partial charge on any atom is 0.338 e. The third-order valence-corrected chi connectivity index (χ3v) is 4.50. The van der Waals surface area contributed by atoms with Gasteiger partial charge in [-0.3, -0.25) is 15.0 Å². The maximum absolute atomic E-state index is 12.6. The number of amides is 2. The summed E-state index contributed by atoms with van der Waals surface area (Å²) in [6.45, 7) is 2.06. The minimum Gasteiger partial charge on any atom is -0.462 e. The van der Waals surface area contributed by atoms with Gasteiger partial charge < -0.3 is 9.15 Å². The topological polar surface area (TPSA) is 88.9 Å². The number of anilines is 1. The lowest BCUT2D eigenvalue weighted by Crippen LogP contribution is -2.35. The minimum atomic E-state index is -0.499. The molecule has 1 N–H and O–H groups in total. The van der Waals surface area contributed by atoms with E-state index in [0.29, 0.717) is 29.4 Å². The quantitative estimate of drug-likeness (QED) is 0.400. The number of rotatable bonds is 5. The fourth-order valence-corrected chi connectivity index (χ4v) is 3.03. The molecule has 0 saturated carbocycles. The van der Waals surface area contributed by atoms with Crippen LogP contribution in [0, 0.1) is 0 Å². The summed E-state index contributed by atoms with van der Waals surface area (Å²) < 4.78 is 10.7. The number of ether oxygens (including phenoxy) is 1. The molecule has 0 bridgehead atoms. The average Bonchev–Trinajstić information content (AvgIpc) is 3.35. The van der Waals surface area contributed by atoms with E-state index in [9.17, 15) is 14.4 Å². The Hall–Kier alpha value is -4.13. The molecule has 7 heteroatoms. The molecule has 30 heavy (non-hydrogen) atoms. The van der Waals surface area contributed by atoms with E-state index in [4.69, 9.17) is 9.15 Å². The normalized spacial score (nSPS) is 14.8. The lowest BCUT2D eigenvalue weighted by Gasteiger charge is -2.13. The number of para-hydroxylation sites is 1. The van der Waals surface area contributed by atoms with Gasteiger partial charge in [-0.1, -0.05) is 30.3 Å². The zero-order chi connectivity index (χ0) is 21.1. The second-order valence-electron chi connectivity index (χ2n) is 6.47. The van der Waals surface area contributed by atoms with Crippen molar-refractivity contribution < 1.29 is 23.5 Å². The molecule has 0 spiro atoms. The van der Waals surface area contributed by atoms with Crippen molar-refractivity contribution in [3.8, 4) is 11.3 Å². The second-order valence-corrected chi connectivity index (χ2v) is 6.47. The lowest BCUT2D eigenvalue weighted by atomic mass is 10.1. The number of hydrazine groups is 1. The first-order valence-electron chi connectivity index (χ1n) is 9.36. The fourth-order valence-electron chi connectivity index (χ4n) is 3.03. The van der Waals surface area contributed by atoms with E-state index in [0.717, 1.165) is 5.56 Å². The molecule has 1 saturated heterocycles. The van der Waals surface area contributed by atoms with Gasteiger partial charge in [0.1, 0.15) is 17.1 Å². The lowest BCUT2D eigenvalue weighted by molar-refractivity contribution is -0.117. The highest BCUT2D eigenvalue weighted by Gasteiger charge is 2.34. The molecule has 1 fully saturated rings. The first-order valence-corrected chi connectivity index (χ1v) is 9.36. The summed E-state index contributed by atoms with van der Waals surface area (Å²) in [5.41, 5.74) is 4.30. The Morgan fingerprint density at radius 2 is 1.77 bits per heavy atom. The largest absolute Gasteiger partial charge is 0.462 e. The Morgan fingerprint density at radius 3 is 2.47 bits per heavy atom. The van der Waals surface area contributed by atoms with Crippen molar-refractivity contribution in [2.75, 3.05) is 11.6 Å². The molecule has 150 valence electrons. The van der Waals surface area contributed by atoms with Crippen LogP contribution in [0.25, 0.3) is 17.4 Å². The molecule has 0 unspecified atom stereocenters. The maximum atomic E-state index is 12.6. The van der Waals surface area contributed by atoms with Crippen molar-refractivity contribution in [1.29, 1.82) is 0 Å². The van der Waals surface area contributed by atoms with Crippen LogP contribution in [-0.4, -0.2) is 24.4 Å². The second kappa shape index (κ2) is 8.08. The molecule has 1 aromatic heterocycles. The van der Waals surface area contributed by atoms with E-state index in [1.165, 1.54) is 11.1 Å². The van der Waals surface area contributed by atoms with E-state index in [-0.39, 0.29) is 11.5 Å².